The molecule has 4 heterocycles. The van der Waals surface area contributed by atoms with Crippen LogP contribution in [-0.2, 0) is 40.4 Å². The molecule has 0 bridgehead atoms. The maximum Gasteiger partial charge on any atom is 0.431 e. The predicted molar refractivity (Wildman–Crippen MR) is 170 cm³/mol. The summed E-state index contributed by atoms with van der Waals surface area (Å²) in [5.74, 6) is -0.542. The van der Waals surface area contributed by atoms with Gasteiger partial charge in [0.05, 0.1) is 36.2 Å². The SMILES string of the molecule is C[n+]1[c-]n(-c2[c-]ccc(F)c2)c2ccccc21.C[n+]1[c-]n(-c2[c-]ccc(F)c2)c2ccccc21.FC(F)(F)c1cc(-c2ccccn2)[n-]n1.[Ir]. The first kappa shape index (κ1) is 35.8. The van der Waals surface area contributed by atoms with Gasteiger partial charge < -0.3 is 28.5 Å². The molecular formula is C37H25F5IrN7-3. The van der Waals surface area contributed by atoms with Crippen molar-refractivity contribution in [2.24, 2.45) is 14.1 Å². The number of imidazole rings is 2. The number of benzene rings is 4. The Labute approximate surface area is 297 Å². The van der Waals surface area contributed by atoms with E-state index in [0.29, 0.717) is 17.1 Å². The van der Waals surface area contributed by atoms with Crippen molar-refractivity contribution in [3.05, 3.63) is 158 Å². The summed E-state index contributed by atoms with van der Waals surface area (Å²) in [5.41, 5.74) is 4.87. The standard InChI is InChI=1S/2C14H10FN2.C9H5F3N3.Ir/c2*1-16-10-17(12-6-4-5-11(15)9-12)14-8-3-2-7-13(14)16;10-9(11,12)8-5-7(14-15-8)6-3-1-2-4-13-6;/h2*2-5,7-9H,1H3;1-5H;/q3*-1;. The Morgan fingerprint density at radius 3 is 1.62 bits per heavy atom. The molecule has 4 aromatic heterocycles. The van der Waals surface area contributed by atoms with Gasteiger partial charge in [-0.25, -0.2) is 8.78 Å². The van der Waals surface area contributed by atoms with Gasteiger partial charge in [-0.3, -0.25) is 4.98 Å². The average molecular weight is 855 g/mol. The van der Waals surface area contributed by atoms with Gasteiger partial charge in [-0.15, -0.1) is 24.3 Å². The van der Waals surface area contributed by atoms with Crippen molar-refractivity contribution >= 4 is 22.1 Å². The maximum atomic E-state index is 13.2. The molecule has 255 valence electrons. The van der Waals surface area contributed by atoms with Crippen LogP contribution in [0, 0.1) is 36.4 Å². The van der Waals surface area contributed by atoms with Gasteiger partial charge in [-0.2, -0.15) is 37.4 Å². The molecule has 0 unspecified atom stereocenters. The zero-order chi connectivity index (χ0) is 34.5. The molecule has 0 aliphatic rings. The zero-order valence-corrected chi connectivity index (χ0v) is 28.7. The van der Waals surface area contributed by atoms with E-state index >= 15 is 0 Å². The van der Waals surface area contributed by atoms with Crippen LogP contribution in [-0.4, -0.2) is 19.2 Å². The number of para-hydroxylation sites is 4. The van der Waals surface area contributed by atoms with E-state index in [0.717, 1.165) is 28.1 Å². The summed E-state index contributed by atoms with van der Waals surface area (Å²) in [6.45, 7) is 0. The van der Waals surface area contributed by atoms with E-state index in [-0.39, 0.29) is 37.4 Å². The monoisotopic (exact) mass is 855 g/mol. The Balaban J connectivity index is 0.000000145. The second kappa shape index (κ2) is 15.4. The first-order chi connectivity index (χ1) is 23.6. The van der Waals surface area contributed by atoms with Gasteiger partial charge in [-0.05, 0) is 18.2 Å². The number of rotatable bonds is 3. The van der Waals surface area contributed by atoms with Crippen molar-refractivity contribution in [1.29, 1.82) is 0 Å². The Hall–Kier alpha value is -5.52. The van der Waals surface area contributed by atoms with Gasteiger partial charge in [0.25, 0.3) is 0 Å². The van der Waals surface area contributed by atoms with E-state index < -0.39 is 11.9 Å². The van der Waals surface area contributed by atoms with Gasteiger partial charge in [-0.1, -0.05) is 71.7 Å². The van der Waals surface area contributed by atoms with Crippen molar-refractivity contribution < 1.29 is 51.2 Å². The first-order valence-electron chi connectivity index (χ1n) is 14.7. The molecule has 50 heavy (non-hydrogen) atoms. The molecule has 0 spiro atoms. The number of halogens is 5. The molecule has 0 amide bonds. The molecule has 7 nitrogen and oxygen atoms in total. The predicted octanol–water partition coefficient (Wildman–Crippen LogP) is 6.51. The second-order valence-electron chi connectivity index (χ2n) is 10.6. The summed E-state index contributed by atoms with van der Waals surface area (Å²) in [7, 11) is 3.83. The minimum atomic E-state index is -4.46. The number of alkyl halides is 3. The summed E-state index contributed by atoms with van der Waals surface area (Å²) in [6.07, 6.45) is 3.29. The van der Waals surface area contributed by atoms with Gasteiger partial charge >= 0.3 is 6.18 Å². The molecule has 4 aromatic carbocycles. The summed E-state index contributed by atoms with van der Waals surface area (Å²) >= 11 is 0. The van der Waals surface area contributed by atoms with E-state index in [1.54, 1.807) is 39.5 Å². The van der Waals surface area contributed by atoms with E-state index in [1.165, 1.54) is 30.5 Å². The zero-order valence-electron chi connectivity index (χ0n) is 26.3. The molecule has 8 rings (SSSR count). The molecule has 8 aromatic rings. The Morgan fingerprint density at radius 2 is 1.18 bits per heavy atom. The van der Waals surface area contributed by atoms with E-state index in [1.807, 2.05) is 71.8 Å². The maximum absolute atomic E-state index is 13.2. The molecule has 0 N–H and O–H groups in total. The number of hydrogen-bond acceptors (Lipinski definition) is 2. The van der Waals surface area contributed by atoms with Crippen LogP contribution < -0.4 is 14.2 Å². The normalized spacial score (nSPS) is 10.9. The molecule has 0 aliphatic heterocycles. The topological polar surface area (TPSA) is 57.5 Å². The van der Waals surface area contributed by atoms with Crippen molar-refractivity contribution in [2.45, 2.75) is 6.18 Å². The summed E-state index contributed by atoms with van der Waals surface area (Å²) in [6, 6.07) is 36.4. The molecule has 0 atom stereocenters. The molecule has 13 heteroatoms. The fraction of sp³-hybridized carbons (Fsp3) is 0.0811. The molecule has 0 saturated carbocycles. The third-order valence-corrected chi connectivity index (χ3v) is 7.20. The van der Waals surface area contributed by atoms with Gasteiger partial charge in [0, 0.05) is 43.6 Å². The minimum Gasteiger partial charge on any atom is -0.573 e. The first-order valence-corrected chi connectivity index (χ1v) is 14.7. The van der Waals surface area contributed by atoms with Crippen LogP contribution in [0.2, 0.25) is 0 Å². The van der Waals surface area contributed by atoms with Crippen LogP contribution in [0.1, 0.15) is 5.69 Å². The Kier molecular flexibility index (Phi) is 11.0. The molecule has 0 fully saturated rings. The van der Waals surface area contributed by atoms with Crippen LogP contribution >= 0.6 is 0 Å². The van der Waals surface area contributed by atoms with Crippen LogP contribution in [0.4, 0.5) is 22.0 Å². The van der Waals surface area contributed by atoms with Gasteiger partial charge in [0.15, 0.2) is 0 Å². The molecule has 0 aliphatic carbocycles. The van der Waals surface area contributed by atoms with Crippen molar-refractivity contribution in [3.8, 4) is 22.8 Å². The van der Waals surface area contributed by atoms with E-state index in [2.05, 4.69) is 40.0 Å². The number of hydrogen-bond donors (Lipinski definition) is 0. The summed E-state index contributed by atoms with van der Waals surface area (Å²) in [5, 5.41) is 6.47. The number of aryl methyl sites for hydroxylation is 2. The Bertz CT molecular complexity index is 2220. The molecule has 0 saturated heterocycles. The van der Waals surface area contributed by atoms with E-state index in [4.69, 9.17) is 0 Å². The summed E-state index contributed by atoms with van der Waals surface area (Å²) in [4.78, 5) is 3.87. The molecule has 1 radical (unpaired) electrons. The van der Waals surface area contributed by atoms with Crippen molar-refractivity contribution in [3.63, 3.8) is 0 Å². The number of pyridine rings is 1. The van der Waals surface area contributed by atoms with Crippen LogP contribution in [0.15, 0.2) is 115 Å². The van der Waals surface area contributed by atoms with E-state index in [9.17, 15) is 22.0 Å². The van der Waals surface area contributed by atoms with Crippen molar-refractivity contribution in [1.82, 2.24) is 24.3 Å². The fourth-order valence-corrected chi connectivity index (χ4v) is 4.94. The third kappa shape index (κ3) is 8.02. The van der Waals surface area contributed by atoms with Crippen LogP contribution in [0.5, 0.6) is 0 Å². The smallest absolute Gasteiger partial charge is 0.431 e. The quantitative estimate of drug-likeness (QED) is 0.116. The number of nitrogens with zero attached hydrogens (tertiary/aromatic N) is 7. The largest absolute Gasteiger partial charge is 0.573 e. The average Bonchev–Trinajstić information content (AvgIpc) is 3.83. The summed E-state index contributed by atoms with van der Waals surface area (Å²) < 4.78 is 70.4. The third-order valence-electron chi connectivity index (χ3n) is 7.20. The minimum absolute atomic E-state index is 0. The Morgan fingerprint density at radius 1 is 0.680 bits per heavy atom. The number of aromatic nitrogens is 7. The van der Waals surface area contributed by atoms with Gasteiger partial charge in [0.1, 0.15) is 5.69 Å². The van der Waals surface area contributed by atoms with Gasteiger partial charge in [0.2, 0.25) is 12.7 Å². The van der Waals surface area contributed by atoms with Crippen molar-refractivity contribution in [2.75, 3.05) is 0 Å². The number of fused-ring (bicyclic) bond motifs is 2. The van der Waals surface area contributed by atoms with Crippen LogP contribution in [0.25, 0.3) is 44.8 Å². The second-order valence-corrected chi connectivity index (χ2v) is 10.6. The molecular weight excluding hydrogens is 830 g/mol. The fourth-order valence-electron chi connectivity index (χ4n) is 4.94. The van der Waals surface area contributed by atoms with Crippen LogP contribution in [0.3, 0.4) is 0 Å².